The average molecular weight is 215 g/mol. The van der Waals surface area contributed by atoms with Gasteiger partial charge in [0.1, 0.15) is 5.76 Å². The van der Waals surface area contributed by atoms with Crippen LogP contribution in [0.1, 0.15) is 11.3 Å². The minimum Gasteiger partial charge on any atom is -0.469 e. The van der Waals surface area contributed by atoms with Crippen LogP contribution in [0.3, 0.4) is 0 Å². The molecule has 1 aromatic heterocycles. The van der Waals surface area contributed by atoms with Crippen LogP contribution in [0.15, 0.2) is 47.1 Å². The molecule has 0 saturated carbocycles. The lowest BCUT2D eigenvalue weighted by Gasteiger charge is -2.06. The van der Waals surface area contributed by atoms with Gasteiger partial charge < -0.3 is 9.73 Å². The van der Waals surface area contributed by atoms with E-state index in [9.17, 15) is 4.79 Å². The highest BCUT2D eigenvalue weighted by atomic mass is 16.3. The summed E-state index contributed by atoms with van der Waals surface area (Å²) < 4.78 is 5.11. The quantitative estimate of drug-likeness (QED) is 0.855. The molecule has 0 aliphatic rings. The SMILES string of the molecule is Cc1ccccc1NC(=O)Cc1ccco1. The third-order valence-electron chi connectivity index (χ3n) is 2.33. The summed E-state index contributed by atoms with van der Waals surface area (Å²) in [5.74, 6) is 0.607. The summed E-state index contributed by atoms with van der Waals surface area (Å²) in [6.07, 6.45) is 1.83. The average Bonchev–Trinajstić information content (AvgIpc) is 2.74. The summed E-state index contributed by atoms with van der Waals surface area (Å²) in [5, 5.41) is 2.85. The van der Waals surface area contributed by atoms with Crippen LogP contribution in [0, 0.1) is 6.92 Å². The maximum atomic E-state index is 11.7. The van der Waals surface area contributed by atoms with E-state index < -0.39 is 0 Å². The van der Waals surface area contributed by atoms with Gasteiger partial charge in [0.25, 0.3) is 0 Å². The van der Waals surface area contributed by atoms with E-state index in [1.807, 2.05) is 31.2 Å². The predicted molar refractivity (Wildman–Crippen MR) is 62.2 cm³/mol. The molecule has 0 radical (unpaired) electrons. The highest BCUT2D eigenvalue weighted by molar-refractivity contribution is 5.92. The Bertz CT molecular complexity index is 474. The Balaban J connectivity index is 2.00. The van der Waals surface area contributed by atoms with E-state index >= 15 is 0 Å². The second-order valence-corrected chi connectivity index (χ2v) is 3.62. The number of hydrogen-bond donors (Lipinski definition) is 1. The fourth-order valence-corrected chi connectivity index (χ4v) is 1.48. The van der Waals surface area contributed by atoms with Gasteiger partial charge in [0, 0.05) is 5.69 Å². The first-order chi connectivity index (χ1) is 7.75. The number of anilines is 1. The van der Waals surface area contributed by atoms with Crippen molar-refractivity contribution in [3.63, 3.8) is 0 Å². The molecule has 0 spiro atoms. The Hall–Kier alpha value is -2.03. The first-order valence-corrected chi connectivity index (χ1v) is 5.13. The van der Waals surface area contributed by atoms with Gasteiger partial charge in [0.15, 0.2) is 0 Å². The Kier molecular flexibility index (Phi) is 3.05. The number of benzene rings is 1. The molecule has 16 heavy (non-hydrogen) atoms. The lowest BCUT2D eigenvalue weighted by atomic mass is 10.2. The summed E-state index contributed by atoms with van der Waals surface area (Å²) in [7, 11) is 0. The summed E-state index contributed by atoms with van der Waals surface area (Å²) in [5.41, 5.74) is 1.90. The number of rotatable bonds is 3. The number of carbonyl (C=O) groups excluding carboxylic acids is 1. The smallest absolute Gasteiger partial charge is 0.232 e. The van der Waals surface area contributed by atoms with Gasteiger partial charge in [-0.25, -0.2) is 0 Å². The van der Waals surface area contributed by atoms with Crippen LogP contribution >= 0.6 is 0 Å². The number of hydrogen-bond acceptors (Lipinski definition) is 2. The molecular weight excluding hydrogens is 202 g/mol. The Morgan fingerprint density at radius 1 is 1.25 bits per heavy atom. The zero-order chi connectivity index (χ0) is 11.4. The van der Waals surface area contributed by atoms with E-state index in [4.69, 9.17) is 4.42 Å². The Labute approximate surface area is 94.1 Å². The highest BCUT2D eigenvalue weighted by Gasteiger charge is 2.06. The number of carbonyl (C=O) groups is 1. The maximum absolute atomic E-state index is 11.7. The van der Waals surface area contributed by atoms with Crippen LogP contribution in [0.25, 0.3) is 0 Å². The van der Waals surface area contributed by atoms with Gasteiger partial charge in [-0.3, -0.25) is 4.79 Å². The molecule has 0 unspecified atom stereocenters. The van der Waals surface area contributed by atoms with Crippen molar-refractivity contribution in [3.05, 3.63) is 54.0 Å². The first kappa shape index (κ1) is 10.5. The Morgan fingerprint density at radius 3 is 2.75 bits per heavy atom. The number of amides is 1. The van der Waals surface area contributed by atoms with Crippen LogP contribution in [0.4, 0.5) is 5.69 Å². The second-order valence-electron chi connectivity index (χ2n) is 3.62. The van der Waals surface area contributed by atoms with E-state index in [0.717, 1.165) is 11.3 Å². The number of furan rings is 1. The molecule has 3 nitrogen and oxygen atoms in total. The molecule has 82 valence electrons. The highest BCUT2D eigenvalue weighted by Crippen LogP contribution is 2.13. The molecule has 0 aliphatic carbocycles. The van der Waals surface area contributed by atoms with Crippen molar-refractivity contribution in [3.8, 4) is 0 Å². The normalized spacial score (nSPS) is 10.1. The third-order valence-corrected chi connectivity index (χ3v) is 2.33. The fourth-order valence-electron chi connectivity index (χ4n) is 1.48. The monoisotopic (exact) mass is 215 g/mol. The van der Waals surface area contributed by atoms with E-state index in [2.05, 4.69) is 5.32 Å². The van der Waals surface area contributed by atoms with Crippen molar-refractivity contribution >= 4 is 11.6 Å². The fraction of sp³-hybridized carbons (Fsp3) is 0.154. The molecule has 3 heteroatoms. The van der Waals surface area contributed by atoms with Gasteiger partial charge in [0.05, 0.1) is 12.7 Å². The van der Waals surface area contributed by atoms with E-state index in [1.54, 1.807) is 18.4 Å². The first-order valence-electron chi connectivity index (χ1n) is 5.13. The van der Waals surface area contributed by atoms with Crippen LogP contribution < -0.4 is 5.32 Å². The molecule has 1 N–H and O–H groups in total. The molecule has 1 amide bonds. The summed E-state index contributed by atoms with van der Waals surface area (Å²) in [6.45, 7) is 1.96. The molecule has 0 atom stereocenters. The topological polar surface area (TPSA) is 42.2 Å². The van der Waals surface area contributed by atoms with E-state index in [1.165, 1.54) is 0 Å². The van der Waals surface area contributed by atoms with Crippen LogP contribution in [0.5, 0.6) is 0 Å². The molecule has 2 aromatic rings. The summed E-state index contributed by atoms with van der Waals surface area (Å²) in [6, 6.07) is 11.2. The number of para-hydroxylation sites is 1. The standard InChI is InChI=1S/C13H13NO2/c1-10-5-2-3-7-12(10)14-13(15)9-11-6-4-8-16-11/h2-8H,9H2,1H3,(H,14,15). The molecule has 2 rings (SSSR count). The largest absolute Gasteiger partial charge is 0.469 e. The molecular formula is C13H13NO2. The van der Waals surface area contributed by atoms with Gasteiger partial charge in [-0.2, -0.15) is 0 Å². The van der Waals surface area contributed by atoms with Crippen molar-refractivity contribution in [2.75, 3.05) is 5.32 Å². The predicted octanol–water partition coefficient (Wildman–Crippen LogP) is 2.77. The Morgan fingerprint density at radius 2 is 2.06 bits per heavy atom. The van der Waals surface area contributed by atoms with Crippen LogP contribution in [0.2, 0.25) is 0 Å². The number of nitrogens with one attached hydrogen (secondary N) is 1. The maximum Gasteiger partial charge on any atom is 0.232 e. The van der Waals surface area contributed by atoms with Crippen molar-refractivity contribution in [1.82, 2.24) is 0 Å². The molecule has 1 aromatic carbocycles. The zero-order valence-electron chi connectivity index (χ0n) is 9.07. The third kappa shape index (κ3) is 2.51. The van der Waals surface area contributed by atoms with Gasteiger partial charge in [-0.05, 0) is 30.7 Å². The van der Waals surface area contributed by atoms with Crippen molar-refractivity contribution in [2.45, 2.75) is 13.3 Å². The summed E-state index contributed by atoms with van der Waals surface area (Å²) >= 11 is 0. The number of aryl methyl sites for hydroxylation is 1. The van der Waals surface area contributed by atoms with Crippen molar-refractivity contribution in [2.24, 2.45) is 0 Å². The summed E-state index contributed by atoms with van der Waals surface area (Å²) in [4.78, 5) is 11.7. The molecule has 0 fully saturated rings. The zero-order valence-corrected chi connectivity index (χ0v) is 9.07. The van der Waals surface area contributed by atoms with Gasteiger partial charge >= 0.3 is 0 Å². The van der Waals surface area contributed by atoms with Gasteiger partial charge in [-0.1, -0.05) is 18.2 Å². The molecule has 1 heterocycles. The van der Waals surface area contributed by atoms with Gasteiger partial charge in [-0.15, -0.1) is 0 Å². The van der Waals surface area contributed by atoms with E-state index in [0.29, 0.717) is 5.76 Å². The molecule has 0 bridgehead atoms. The van der Waals surface area contributed by atoms with E-state index in [-0.39, 0.29) is 12.3 Å². The second kappa shape index (κ2) is 4.66. The van der Waals surface area contributed by atoms with Crippen molar-refractivity contribution in [1.29, 1.82) is 0 Å². The van der Waals surface area contributed by atoms with Crippen LogP contribution in [-0.2, 0) is 11.2 Å². The van der Waals surface area contributed by atoms with Gasteiger partial charge in [0.2, 0.25) is 5.91 Å². The lowest BCUT2D eigenvalue weighted by Crippen LogP contribution is -2.14. The lowest BCUT2D eigenvalue weighted by molar-refractivity contribution is -0.115. The molecule has 0 saturated heterocycles. The van der Waals surface area contributed by atoms with Crippen LogP contribution in [-0.4, -0.2) is 5.91 Å². The minimum atomic E-state index is -0.0655. The van der Waals surface area contributed by atoms with Crippen molar-refractivity contribution < 1.29 is 9.21 Å². The molecule has 0 aliphatic heterocycles. The minimum absolute atomic E-state index is 0.0655.